The van der Waals surface area contributed by atoms with E-state index < -0.39 is 97.5 Å². The number of hydrogen-bond donors (Lipinski definition) is 3. The number of carbonyl (C=O) groups excluding carboxylic acids is 4. The highest BCUT2D eigenvalue weighted by Gasteiger charge is 2.30. The van der Waals surface area contributed by atoms with Gasteiger partial charge < -0.3 is 33.8 Å². The molecule has 0 rings (SSSR count). The number of carbonyl (C=O) groups is 4. The number of phosphoric acid groups is 2. The van der Waals surface area contributed by atoms with Gasteiger partial charge in [0.2, 0.25) is 0 Å². The third kappa shape index (κ3) is 70.3. The summed E-state index contributed by atoms with van der Waals surface area (Å²) in [7, 11) is -9.91. The normalized spacial score (nSPS) is 14.1. The molecule has 2 unspecified atom stereocenters. The second-order valence-electron chi connectivity index (χ2n) is 28.8. The van der Waals surface area contributed by atoms with Crippen molar-refractivity contribution in [3.05, 3.63) is 0 Å². The van der Waals surface area contributed by atoms with Crippen molar-refractivity contribution in [3.8, 4) is 0 Å². The molecule has 0 heterocycles. The largest absolute Gasteiger partial charge is 0.472 e. The summed E-state index contributed by atoms with van der Waals surface area (Å²) < 4.78 is 68.6. The molecule has 564 valence electrons. The molecule has 5 atom stereocenters. The highest BCUT2D eigenvalue weighted by Crippen LogP contribution is 2.45. The molecule has 95 heavy (non-hydrogen) atoms. The Morgan fingerprint density at radius 3 is 0.716 bits per heavy atom. The van der Waals surface area contributed by atoms with E-state index in [1.165, 1.54) is 199 Å². The number of esters is 4. The van der Waals surface area contributed by atoms with E-state index >= 15 is 0 Å². The van der Waals surface area contributed by atoms with Crippen LogP contribution in [-0.2, 0) is 65.4 Å². The van der Waals surface area contributed by atoms with Crippen LogP contribution in [0.25, 0.3) is 0 Å². The van der Waals surface area contributed by atoms with E-state index in [4.69, 9.17) is 37.0 Å². The van der Waals surface area contributed by atoms with Crippen molar-refractivity contribution in [2.45, 2.75) is 407 Å². The van der Waals surface area contributed by atoms with Gasteiger partial charge in [-0.2, -0.15) is 0 Å². The first-order valence-corrected chi connectivity index (χ1v) is 42.3. The van der Waals surface area contributed by atoms with Crippen molar-refractivity contribution in [1.29, 1.82) is 0 Å². The Bertz CT molecular complexity index is 1850. The van der Waals surface area contributed by atoms with Crippen molar-refractivity contribution in [1.82, 2.24) is 0 Å². The zero-order chi connectivity index (χ0) is 70.1. The van der Waals surface area contributed by atoms with Crippen LogP contribution < -0.4 is 0 Å². The minimum Gasteiger partial charge on any atom is -0.462 e. The molecule has 0 radical (unpaired) electrons. The molecule has 0 saturated carbocycles. The number of aliphatic hydroxyl groups is 1. The Morgan fingerprint density at radius 2 is 0.484 bits per heavy atom. The average molecular weight is 1400 g/mol. The van der Waals surface area contributed by atoms with Gasteiger partial charge in [0, 0.05) is 25.7 Å². The predicted octanol–water partition coefficient (Wildman–Crippen LogP) is 22.2. The summed E-state index contributed by atoms with van der Waals surface area (Å²) >= 11 is 0. The molecule has 0 saturated heterocycles. The van der Waals surface area contributed by atoms with E-state index in [0.29, 0.717) is 25.7 Å². The van der Waals surface area contributed by atoms with Crippen LogP contribution in [0.15, 0.2) is 0 Å². The molecular formula is C76H148O17P2. The van der Waals surface area contributed by atoms with E-state index in [-0.39, 0.29) is 25.7 Å². The van der Waals surface area contributed by atoms with Crippen LogP contribution in [-0.4, -0.2) is 96.7 Å². The number of unbranched alkanes of at least 4 members (excludes halogenated alkanes) is 42. The highest BCUT2D eigenvalue weighted by molar-refractivity contribution is 7.47. The zero-order valence-corrected chi connectivity index (χ0v) is 63.9. The van der Waals surface area contributed by atoms with Crippen LogP contribution in [0.2, 0.25) is 0 Å². The smallest absolute Gasteiger partial charge is 0.462 e. The maximum atomic E-state index is 13.1. The molecule has 0 aliphatic rings. The second-order valence-corrected chi connectivity index (χ2v) is 31.7. The van der Waals surface area contributed by atoms with E-state index in [2.05, 4.69) is 48.5 Å². The first-order valence-electron chi connectivity index (χ1n) is 39.3. The van der Waals surface area contributed by atoms with Crippen molar-refractivity contribution >= 4 is 39.5 Å². The summed E-state index contributed by atoms with van der Waals surface area (Å²) in [6.45, 7) is 11.9. The number of aliphatic hydroxyl groups excluding tert-OH is 1. The second kappa shape index (κ2) is 66.6. The molecule has 3 N–H and O–H groups in total. The lowest BCUT2D eigenvalue weighted by atomic mass is 10.0. The Balaban J connectivity index is 5.27. The number of phosphoric ester groups is 2. The predicted molar refractivity (Wildman–Crippen MR) is 386 cm³/mol. The summed E-state index contributed by atoms with van der Waals surface area (Å²) in [5, 5.41) is 10.6. The highest BCUT2D eigenvalue weighted by atomic mass is 31.2. The minimum absolute atomic E-state index is 0.107. The summed E-state index contributed by atoms with van der Waals surface area (Å²) in [6.07, 6.45) is 52.6. The van der Waals surface area contributed by atoms with Gasteiger partial charge in [-0.15, -0.1) is 0 Å². The molecule has 0 aromatic carbocycles. The molecule has 0 spiro atoms. The van der Waals surface area contributed by atoms with Crippen LogP contribution in [0.4, 0.5) is 0 Å². The minimum atomic E-state index is -4.96. The fourth-order valence-corrected chi connectivity index (χ4v) is 13.2. The molecule has 0 aromatic rings. The summed E-state index contributed by atoms with van der Waals surface area (Å²) in [4.78, 5) is 72.9. The lowest BCUT2D eigenvalue weighted by molar-refractivity contribution is -0.161. The fraction of sp³-hybridized carbons (Fsp3) is 0.947. The molecule has 0 amide bonds. The molecular weight excluding hydrogens is 1250 g/mol. The lowest BCUT2D eigenvalue weighted by Gasteiger charge is -2.21. The quantitative estimate of drug-likeness (QED) is 0.0222. The molecule has 0 bridgehead atoms. The van der Waals surface area contributed by atoms with Gasteiger partial charge in [-0.1, -0.05) is 337 Å². The maximum absolute atomic E-state index is 13.1. The van der Waals surface area contributed by atoms with Gasteiger partial charge in [0.15, 0.2) is 12.2 Å². The van der Waals surface area contributed by atoms with Crippen molar-refractivity contribution in [2.75, 3.05) is 39.6 Å². The van der Waals surface area contributed by atoms with Gasteiger partial charge in [-0.25, -0.2) is 9.13 Å². The molecule has 0 fully saturated rings. The molecule has 0 aliphatic heterocycles. The summed E-state index contributed by atoms with van der Waals surface area (Å²) in [5.41, 5.74) is 0. The Kier molecular flexibility index (Phi) is 65.2. The van der Waals surface area contributed by atoms with E-state index in [1.54, 1.807) is 0 Å². The Labute approximate surface area is 581 Å². The molecule has 19 heteroatoms. The number of hydrogen-bond acceptors (Lipinski definition) is 15. The van der Waals surface area contributed by atoms with Crippen LogP contribution >= 0.6 is 15.6 Å². The Morgan fingerprint density at radius 1 is 0.284 bits per heavy atom. The van der Waals surface area contributed by atoms with Crippen LogP contribution in [0.1, 0.15) is 389 Å². The van der Waals surface area contributed by atoms with Crippen molar-refractivity contribution in [2.24, 2.45) is 17.8 Å². The zero-order valence-electron chi connectivity index (χ0n) is 62.1. The SMILES string of the molecule is CCCCCCCCCCCCCCCC(=O)O[C@H](COC(=O)CCCCCCCCCCCC(C)C)COP(=O)(O)OC[C@H](O)COP(=O)(O)OC[C@@H](COC(=O)CCCCCCCCCCCCCCC(C)C)OC(=O)CCCCCCCCCCCCCCC(C)C. The van der Waals surface area contributed by atoms with E-state index in [1.807, 2.05) is 0 Å². The first-order chi connectivity index (χ1) is 45.7. The van der Waals surface area contributed by atoms with Gasteiger partial charge in [0.05, 0.1) is 26.4 Å². The average Bonchev–Trinajstić information content (AvgIpc) is 2.50. The standard InChI is InChI=1S/C76H148O17P2/c1-8-9-10-11-12-13-14-15-23-30-38-45-52-59-75(80)93-72(64-87-74(79)58-51-44-37-32-25-28-35-42-49-56-69(6)7)66-91-95(84,85)89-62-70(77)61-88-94(82,83)90-65-71(92-76(81)60-53-46-39-31-24-19-17-21-27-34-41-48-55-68(4)5)63-86-73(78)57-50-43-36-29-22-18-16-20-26-33-40-47-54-67(2)3/h67-72,77H,8-66H2,1-7H3,(H,82,83)(H,84,85)/t70-,71-,72-/m1/s1. The molecule has 17 nitrogen and oxygen atoms in total. The van der Waals surface area contributed by atoms with Crippen LogP contribution in [0.5, 0.6) is 0 Å². The van der Waals surface area contributed by atoms with Crippen molar-refractivity contribution < 1.29 is 80.2 Å². The monoisotopic (exact) mass is 1400 g/mol. The lowest BCUT2D eigenvalue weighted by Crippen LogP contribution is -2.30. The van der Waals surface area contributed by atoms with Crippen LogP contribution in [0.3, 0.4) is 0 Å². The fourth-order valence-electron chi connectivity index (χ4n) is 11.6. The topological polar surface area (TPSA) is 237 Å². The van der Waals surface area contributed by atoms with Gasteiger partial charge in [-0.3, -0.25) is 37.3 Å². The van der Waals surface area contributed by atoms with Gasteiger partial charge >= 0.3 is 39.5 Å². The van der Waals surface area contributed by atoms with Crippen molar-refractivity contribution in [3.63, 3.8) is 0 Å². The van der Waals surface area contributed by atoms with E-state index in [9.17, 15) is 43.2 Å². The number of ether oxygens (including phenoxy) is 4. The number of rotatable bonds is 74. The van der Waals surface area contributed by atoms with Gasteiger partial charge in [0.25, 0.3) is 0 Å². The Hall–Kier alpha value is -1.94. The van der Waals surface area contributed by atoms with Crippen LogP contribution in [0, 0.1) is 17.8 Å². The molecule has 0 aromatic heterocycles. The van der Waals surface area contributed by atoms with E-state index in [0.717, 1.165) is 108 Å². The summed E-state index contributed by atoms with van der Waals surface area (Å²) in [5.74, 6) is 0.187. The first kappa shape index (κ1) is 93.1. The summed E-state index contributed by atoms with van der Waals surface area (Å²) in [6, 6.07) is 0. The third-order valence-corrected chi connectivity index (χ3v) is 19.5. The maximum Gasteiger partial charge on any atom is 0.472 e. The molecule has 0 aliphatic carbocycles. The van der Waals surface area contributed by atoms with Gasteiger partial charge in [-0.05, 0) is 43.4 Å². The third-order valence-electron chi connectivity index (χ3n) is 17.6. The van der Waals surface area contributed by atoms with Gasteiger partial charge in [0.1, 0.15) is 19.3 Å².